The van der Waals surface area contributed by atoms with Crippen LogP contribution < -0.4 is 10.6 Å². The Labute approximate surface area is 127 Å². The van der Waals surface area contributed by atoms with Crippen molar-refractivity contribution in [2.75, 3.05) is 10.6 Å². The molecule has 1 amide bonds. The number of hydrogen-bond acceptors (Lipinski definition) is 3. The summed E-state index contributed by atoms with van der Waals surface area (Å²) in [6.45, 7) is 3.54. The maximum absolute atomic E-state index is 13.4. The predicted molar refractivity (Wildman–Crippen MR) is 80.1 cm³/mol. The molecule has 0 bridgehead atoms. The third-order valence-electron chi connectivity index (χ3n) is 4.55. The number of rotatable bonds is 5. The molecule has 0 heterocycles. The Balaban J connectivity index is 1.75. The highest BCUT2D eigenvalue weighted by Crippen LogP contribution is 2.58. The normalized spacial score (nSPS) is 25.4. The van der Waals surface area contributed by atoms with Crippen LogP contribution in [-0.4, -0.2) is 23.0 Å². The number of benzene rings is 1. The van der Waals surface area contributed by atoms with Crippen molar-refractivity contribution in [3.63, 3.8) is 0 Å². The molecule has 3 N–H and O–H groups in total. The van der Waals surface area contributed by atoms with E-state index in [-0.39, 0.29) is 11.7 Å². The topological polar surface area (TPSA) is 78.4 Å². The van der Waals surface area contributed by atoms with Crippen molar-refractivity contribution >= 4 is 23.3 Å². The number of halogens is 1. The average Bonchev–Trinajstić information content (AvgIpc) is 3.29. The summed E-state index contributed by atoms with van der Waals surface area (Å²) in [5, 5.41) is 15.1. The minimum absolute atomic E-state index is 0.321. The zero-order valence-corrected chi connectivity index (χ0v) is 12.5. The van der Waals surface area contributed by atoms with Gasteiger partial charge in [0.05, 0.1) is 23.2 Å². The fourth-order valence-electron chi connectivity index (χ4n) is 2.99. The minimum atomic E-state index is -0.958. The van der Waals surface area contributed by atoms with E-state index in [2.05, 4.69) is 10.6 Å². The molecule has 0 aromatic heterocycles. The molecule has 0 spiro atoms. The number of carboxylic acid groups (broad SMARTS) is 1. The molecule has 0 unspecified atom stereocenters. The highest BCUT2D eigenvalue weighted by Gasteiger charge is 2.65. The number of carbonyl (C=O) groups excluding carboxylic acids is 1. The van der Waals surface area contributed by atoms with Gasteiger partial charge < -0.3 is 15.7 Å². The smallest absolute Gasteiger partial charge is 0.307 e. The molecule has 0 saturated heterocycles. The molecule has 0 radical (unpaired) electrons. The summed E-state index contributed by atoms with van der Waals surface area (Å²) >= 11 is 0. The molecule has 5 nitrogen and oxygen atoms in total. The van der Waals surface area contributed by atoms with Gasteiger partial charge in [-0.3, -0.25) is 9.59 Å². The van der Waals surface area contributed by atoms with Gasteiger partial charge in [-0.2, -0.15) is 0 Å². The van der Waals surface area contributed by atoms with Crippen LogP contribution in [0.1, 0.15) is 26.7 Å². The Kier molecular flexibility index (Phi) is 3.34. The Morgan fingerprint density at radius 1 is 1.23 bits per heavy atom. The van der Waals surface area contributed by atoms with Gasteiger partial charge >= 0.3 is 5.97 Å². The Hall–Kier alpha value is -2.11. The van der Waals surface area contributed by atoms with E-state index in [9.17, 15) is 14.0 Å². The second-order valence-electron chi connectivity index (χ2n) is 6.71. The summed E-state index contributed by atoms with van der Waals surface area (Å²) in [5.41, 5.74) is 0.478. The molecule has 118 valence electrons. The molecule has 2 atom stereocenters. The van der Waals surface area contributed by atoms with Crippen LogP contribution in [0.4, 0.5) is 15.8 Å². The van der Waals surface area contributed by atoms with E-state index in [1.165, 1.54) is 18.2 Å². The largest absolute Gasteiger partial charge is 0.481 e. The van der Waals surface area contributed by atoms with E-state index < -0.39 is 23.2 Å². The molecule has 0 aliphatic heterocycles. The summed E-state index contributed by atoms with van der Waals surface area (Å²) in [4.78, 5) is 23.5. The van der Waals surface area contributed by atoms with Gasteiger partial charge in [-0.1, -0.05) is 13.8 Å². The summed E-state index contributed by atoms with van der Waals surface area (Å²) in [7, 11) is 0. The third-order valence-corrected chi connectivity index (χ3v) is 4.55. The zero-order chi connectivity index (χ0) is 16.1. The number of aliphatic carboxylic acids is 1. The van der Waals surface area contributed by atoms with Crippen molar-refractivity contribution in [1.82, 2.24) is 0 Å². The van der Waals surface area contributed by atoms with Crippen LogP contribution in [0.25, 0.3) is 0 Å². The van der Waals surface area contributed by atoms with Crippen molar-refractivity contribution in [2.24, 2.45) is 17.3 Å². The van der Waals surface area contributed by atoms with Gasteiger partial charge in [0.15, 0.2) is 0 Å². The first-order valence-corrected chi connectivity index (χ1v) is 7.40. The number of carboxylic acids is 1. The lowest BCUT2D eigenvalue weighted by molar-refractivity contribution is -0.140. The summed E-state index contributed by atoms with van der Waals surface area (Å²) < 4.78 is 13.4. The molecule has 1 aromatic carbocycles. The van der Waals surface area contributed by atoms with Gasteiger partial charge in [-0.15, -0.1) is 0 Å². The van der Waals surface area contributed by atoms with Crippen molar-refractivity contribution in [3.05, 3.63) is 24.0 Å². The Bertz CT molecular complexity index is 640. The first kappa shape index (κ1) is 14.8. The van der Waals surface area contributed by atoms with Crippen molar-refractivity contribution in [1.29, 1.82) is 0 Å². The molecule has 3 rings (SSSR count). The number of nitrogens with one attached hydrogen (secondary N) is 2. The first-order valence-electron chi connectivity index (χ1n) is 7.40. The quantitative estimate of drug-likeness (QED) is 0.781. The Morgan fingerprint density at radius 3 is 2.45 bits per heavy atom. The maximum atomic E-state index is 13.4. The van der Waals surface area contributed by atoms with E-state index in [1.54, 1.807) is 13.8 Å². The lowest BCUT2D eigenvalue weighted by Crippen LogP contribution is -2.19. The van der Waals surface area contributed by atoms with E-state index in [4.69, 9.17) is 5.11 Å². The van der Waals surface area contributed by atoms with Crippen LogP contribution in [-0.2, 0) is 9.59 Å². The number of carbonyl (C=O) groups is 2. The molecule has 22 heavy (non-hydrogen) atoms. The van der Waals surface area contributed by atoms with Gasteiger partial charge in [-0.05, 0) is 36.5 Å². The van der Waals surface area contributed by atoms with Gasteiger partial charge in [-0.25, -0.2) is 4.39 Å². The SMILES string of the molecule is CC1(C)[C@H](C(=O)O)[C@@H]1C(=O)Nc1ccc(F)cc1NC1CC1. The number of hydrogen-bond donors (Lipinski definition) is 3. The number of anilines is 2. The predicted octanol–water partition coefficient (Wildman–Crippen LogP) is 2.70. The van der Waals surface area contributed by atoms with Crippen LogP contribution in [0.2, 0.25) is 0 Å². The molecule has 2 saturated carbocycles. The molecule has 2 fully saturated rings. The number of amides is 1. The van der Waals surface area contributed by atoms with E-state index in [1.807, 2.05) is 0 Å². The fraction of sp³-hybridized carbons (Fsp3) is 0.500. The standard InChI is InChI=1S/C16H19FN2O3/c1-16(2)12(13(16)15(21)22)14(20)19-10-6-3-8(17)7-11(10)18-9-4-5-9/h3,6-7,9,12-13,18H,4-5H2,1-2H3,(H,19,20)(H,21,22)/t12-,13+/m1/s1. The third kappa shape index (κ3) is 2.65. The summed E-state index contributed by atoms with van der Waals surface area (Å²) in [6, 6.07) is 4.45. The Morgan fingerprint density at radius 2 is 1.91 bits per heavy atom. The van der Waals surface area contributed by atoms with Crippen LogP contribution >= 0.6 is 0 Å². The maximum Gasteiger partial charge on any atom is 0.307 e. The molecular formula is C16H19FN2O3. The van der Waals surface area contributed by atoms with Gasteiger partial charge in [0.25, 0.3) is 0 Å². The van der Waals surface area contributed by atoms with Gasteiger partial charge in [0.2, 0.25) is 5.91 Å². The molecule has 2 aliphatic carbocycles. The van der Waals surface area contributed by atoms with Crippen LogP contribution in [0.15, 0.2) is 18.2 Å². The fourth-order valence-corrected chi connectivity index (χ4v) is 2.99. The molecule has 6 heteroatoms. The second kappa shape index (κ2) is 4.97. The monoisotopic (exact) mass is 306 g/mol. The van der Waals surface area contributed by atoms with E-state index in [0.29, 0.717) is 17.4 Å². The highest BCUT2D eigenvalue weighted by molar-refractivity contribution is 6.01. The summed E-state index contributed by atoms with van der Waals surface area (Å²) in [5.74, 6) is -2.91. The highest BCUT2D eigenvalue weighted by atomic mass is 19.1. The first-order chi connectivity index (χ1) is 10.3. The molecule has 1 aromatic rings. The van der Waals surface area contributed by atoms with E-state index in [0.717, 1.165) is 12.8 Å². The lowest BCUT2D eigenvalue weighted by Gasteiger charge is -2.13. The minimum Gasteiger partial charge on any atom is -0.481 e. The average molecular weight is 306 g/mol. The lowest BCUT2D eigenvalue weighted by atomic mass is 10.1. The molecular weight excluding hydrogens is 287 g/mol. The zero-order valence-electron chi connectivity index (χ0n) is 12.5. The van der Waals surface area contributed by atoms with Gasteiger partial charge in [0.1, 0.15) is 5.82 Å². The van der Waals surface area contributed by atoms with Crippen LogP contribution in [0, 0.1) is 23.1 Å². The van der Waals surface area contributed by atoms with E-state index >= 15 is 0 Å². The second-order valence-corrected chi connectivity index (χ2v) is 6.71. The molecule has 2 aliphatic rings. The van der Waals surface area contributed by atoms with Crippen molar-refractivity contribution < 1.29 is 19.1 Å². The van der Waals surface area contributed by atoms with Crippen LogP contribution in [0.5, 0.6) is 0 Å². The van der Waals surface area contributed by atoms with Crippen LogP contribution in [0.3, 0.4) is 0 Å². The van der Waals surface area contributed by atoms with Gasteiger partial charge in [0, 0.05) is 6.04 Å². The summed E-state index contributed by atoms with van der Waals surface area (Å²) in [6.07, 6.45) is 2.06. The van der Waals surface area contributed by atoms with Crippen molar-refractivity contribution in [3.8, 4) is 0 Å². The van der Waals surface area contributed by atoms with Crippen molar-refractivity contribution in [2.45, 2.75) is 32.7 Å².